The third-order valence-corrected chi connectivity index (χ3v) is 4.10. The maximum Gasteiger partial charge on any atom is 0.166 e. The Hall–Kier alpha value is -1.59. The summed E-state index contributed by atoms with van der Waals surface area (Å²) >= 11 is 1.60. The van der Waals surface area contributed by atoms with Gasteiger partial charge in [-0.2, -0.15) is 0 Å². The third kappa shape index (κ3) is 3.95. The zero-order chi connectivity index (χ0) is 14.5. The van der Waals surface area contributed by atoms with Crippen LogP contribution in [0.25, 0.3) is 0 Å². The molecule has 4 nitrogen and oxygen atoms in total. The molecule has 1 heterocycles. The number of hydrogen-bond acceptors (Lipinski definition) is 5. The Morgan fingerprint density at radius 2 is 2.24 bits per heavy atom. The van der Waals surface area contributed by atoms with Crippen molar-refractivity contribution in [3.05, 3.63) is 40.3 Å². The van der Waals surface area contributed by atoms with Crippen LogP contribution in [0.1, 0.15) is 30.3 Å². The Morgan fingerprint density at radius 3 is 2.95 bits per heavy atom. The third-order valence-electron chi connectivity index (χ3n) is 3.34. The molecule has 112 valence electrons. The molecule has 0 spiro atoms. The summed E-state index contributed by atoms with van der Waals surface area (Å²) in [7, 11) is 0. The Kier molecular flexibility index (Phi) is 4.72. The van der Waals surface area contributed by atoms with E-state index in [0.717, 1.165) is 28.6 Å². The molecule has 0 bridgehead atoms. The van der Waals surface area contributed by atoms with Crippen LogP contribution in [0.5, 0.6) is 11.5 Å². The van der Waals surface area contributed by atoms with E-state index in [1.807, 2.05) is 24.4 Å². The Labute approximate surface area is 129 Å². The molecule has 1 fully saturated rings. The number of ether oxygens (including phenoxy) is 2. The van der Waals surface area contributed by atoms with Crippen molar-refractivity contribution in [2.24, 2.45) is 0 Å². The molecule has 21 heavy (non-hydrogen) atoms. The lowest BCUT2D eigenvalue weighted by atomic mass is 10.2. The molecule has 0 atom stereocenters. The maximum atomic E-state index is 6.00. The molecular weight excluding hydrogens is 284 g/mol. The van der Waals surface area contributed by atoms with Crippen molar-refractivity contribution in [1.29, 1.82) is 0 Å². The van der Waals surface area contributed by atoms with Crippen LogP contribution >= 0.6 is 11.3 Å². The van der Waals surface area contributed by atoms with E-state index in [4.69, 9.17) is 9.47 Å². The lowest BCUT2D eigenvalue weighted by molar-refractivity contribution is 0.265. The summed E-state index contributed by atoms with van der Waals surface area (Å²) in [5, 5.41) is 6.46. The van der Waals surface area contributed by atoms with Gasteiger partial charge in [0.1, 0.15) is 11.6 Å². The zero-order valence-corrected chi connectivity index (χ0v) is 13.0. The largest absolute Gasteiger partial charge is 0.490 e. The molecule has 1 N–H and O–H groups in total. The van der Waals surface area contributed by atoms with Crippen LogP contribution in [0.4, 0.5) is 0 Å². The second kappa shape index (κ2) is 6.91. The van der Waals surface area contributed by atoms with Crippen molar-refractivity contribution in [3.63, 3.8) is 0 Å². The number of hydrogen-bond donors (Lipinski definition) is 1. The van der Waals surface area contributed by atoms with Crippen LogP contribution in [0.3, 0.4) is 0 Å². The Bertz CT molecular complexity index is 568. The lowest BCUT2D eigenvalue weighted by Crippen LogP contribution is -2.16. The van der Waals surface area contributed by atoms with Gasteiger partial charge in [0, 0.05) is 29.7 Å². The monoisotopic (exact) mass is 304 g/mol. The van der Waals surface area contributed by atoms with Gasteiger partial charge >= 0.3 is 0 Å². The number of para-hydroxylation sites is 1. The van der Waals surface area contributed by atoms with Crippen LogP contribution in [0.2, 0.25) is 0 Å². The van der Waals surface area contributed by atoms with Crippen LogP contribution < -0.4 is 14.8 Å². The quantitative estimate of drug-likeness (QED) is 0.812. The smallest absolute Gasteiger partial charge is 0.166 e. The van der Waals surface area contributed by atoms with Gasteiger partial charge in [0.25, 0.3) is 0 Å². The van der Waals surface area contributed by atoms with Crippen LogP contribution in [-0.2, 0) is 13.2 Å². The molecule has 0 saturated heterocycles. The van der Waals surface area contributed by atoms with E-state index in [9.17, 15) is 0 Å². The minimum Gasteiger partial charge on any atom is -0.490 e. The summed E-state index contributed by atoms with van der Waals surface area (Å²) in [6.07, 6.45) is 4.36. The van der Waals surface area contributed by atoms with Crippen molar-refractivity contribution >= 4 is 11.3 Å². The fourth-order valence-electron chi connectivity index (χ4n) is 2.13. The molecule has 1 aromatic heterocycles. The second-order valence-corrected chi connectivity index (χ2v) is 6.03. The second-order valence-electron chi connectivity index (χ2n) is 5.05. The molecule has 3 rings (SSSR count). The Morgan fingerprint density at radius 1 is 1.33 bits per heavy atom. The van der Waals surface area contributed by atoms with E-state index < -0.39 is 0 Å². The summed E-state index contributed by atoms with van der Waals surface area (Å²) in [4.78, 5) is 4.26. The van der Waals surface area contributed by atoms with Gasteiger partial charge in [-0.05, 0) is 25.8 Å². The van der Waals surface area contributed by atoms with Gasteiger partial charge in [0.05, 0.1) is 6.61 Å². The van der Waals surface area contributed by atoms with Crippen molar-refractivity contribution in [3.8, 4) is 11.5 Å². The number of thiazole rings is 1. The first-order valence-electron chi connectivity index (χ1n) is 7.36. The molecule has 2 aromatic rings. The van der Waals surface area contributed by atoms with E-state index in [-0.39, 0.29) is 0 Å². The normalized spacial score (nSPS) is 14.1. The van der Waals surface area contributed by atoms with Crippen LogP contribution in [0, 0.1) is 0 Å². The van der Waals surface area contributed by atoms with Crippen molar-refractivity contribution in [1.82, 2.24) is 10.3 Å². The summed E-state index contributed by atoms with van der Waals surface area (Å²) in [6.45, 7) is 3.92. The van der Waals surface area contributed by atoms with Gasteiger partial charge in [-0.25, -0.2) is 4.98 Å². The van der Waals surface area contributed by atoms with Gasteiger partial charge in [-0.3, -0.25) is 0 Å². The Balaban J connectivity index is 1.74. The molecule has 0 amide bonds. The van der Waals surface area contributed by atoms with Gasteiger partial charge in [-0.15, -0.1) is 11.3 Å². The number of rotatable bonds is 8. The average molecular weight is 304 g/mol. The first-order valence-corrected chi connectivity index (χ1v) is 8.24. The van der Waals surface area contributed by atoms with Gasteiger partial charge < -0.3 is 14.8 Å². The summed E-state index contributed by atoms with van der Waals surface area (Å²) in [6, 6.07) is 6.74. The van der Waals surface area contributed by atoms with E-state index in [1.165, 1.54) is 12.8 Å². The van der Waals surface area contributed by atoms with Gasteiger partial charge in [0.2, 0.25) is 0 Å². The van der Waals surface area contributed by atoms with Crippen molar-refractivity contribution in [2.75, 3.05) is 6.61 Å². The molecule has 1 aromatic carbocycles. The van der Waals surface area contributed by atoms with Crippen molar-refractivity contribution < 1.29 is 9.47 Å². The highest BCUT2D eigenvalue weighted by Crippen LogP contribution is 2.33. The van der Waals surface area contributed by atoms with E-state index >= 15 is 0 Å². The average Bonchev–Trinajstić information content (AvgIpc) is 3.18. The standard InChI is InChI=1S/C16H20N2O2S/c1-2-19-14-5-3-4-12(10-18-13-6-7-13)16(14)20-11-15-17-8-9-21-15/h3-5,8-9,13,18H,2,6-7,10-11H2,1H3. The molecule has 0 radical (unpaired) electrons. The highest BCUT2D eigenvalue weighted by atomic mass is 32.1. The first-order chi connectivity index (χ1) is 10.4. The van der Waals surface area contributed by atoms with E-state index in [2.05, 4.69) is 16.4 Å². The van der Waals surface area contributed by atoms with Crippen LogP contribution in [0.15, 0.2) is 29.8 Å². The molecule has 0 aliphatic heterocycles. The minimum atomic E-state index is 0.484. The molecular formula is C16H20N2O2S. The SMILES string of the molecule is CCOc1cccc(CNC2CC2)c1OCc1nccs1. The summed E-state index contributed by atoms with van der Waals surface area (Å²) in [5.74, 6) is 1.65. The summed E-state index contributed by atoms with van der Waals surface area (Å²) < 4.78 is 11.7. The first kappa shape index (κ1) is 14.4. The van der Waals surface area contributed by atoms with Crippen molar-refractivity contribution in [2.45, 2.75) is 39.0 Å². The topological polar surface area (TPSA) is 43.4 Å². The maximum absolute atomic E-state index is 6.00. The zero-order valence-electron chi connectivity index (χ0n) is 12.2. The molecule has 5 heteroatoms. The molecule has 1 aliphatic rings. The number of nitrogens with one attached hydrogen (secondary N) is 1. The molecule has 1 aliphatic carbocycles. The predicted molar refractivity (Wildman–Crippen MR) is 83.9 cm³/mol. The van der Waals surface area contributed by atoms with Crippen LogP contribution in [-0.4, -0.2) is 17.6 Å². The predicted octanol–water partition coefficient (Wildman–Crippen LogP) is 3.37. The van der Waals surface area contributed by atoms with E-state index in [0.29, 0.717) is 19.3 Å². The highest BCUT2D eigenvalue weighted by molar-refractivity contribution is 7.09. The van der Waals surface area contributed by atoms with Gasteiger partial charge in [0.15, 0.2) is 11.5 Å². The number of benzene rings is 1. The summed E-state index contributed by atoms with van der Waals surface area (Å²) in [5.41, 5.74) is 1.14. The lowest BCUT2D eigenvalue weighted by Gasteiger charge is -2.15. The number of nitrogens with zero attached hydrogens (tertiary/aromatic N) is 1. The minimum absolute atomic E-state index is 0.484. The van der Waals surface area contributed by atoms with E-state index in [1.54, 1.807) is 17.5 Å². The fourth-order valence-corrected chi connectivity index (χ4v) is 2.66. The van der Waals surface area contributed by atoms with Gasteiger partial charge in [-0.1, -0.05) is 12.1 Å². The molecule has 1 saturated carbocycles. The fraction of sp³-hybridized carbons (Fsp3) is 0.438. The number of aromatic nitrogens is 1. The highest BCUT2D eigenvalue weighted by Gasteiger charge is 2.21. The molecule has 0 unspecified atom stereocenters.